The van der Waals surface area contributed by atoms with Crippen molar-refractivity contribution in [3.63, 3.8) is 0 Å². The van der Waals surface area contributed by atoms with Crippen LogP contribution >= 0.6 is 0 Å². The van der Waals surface area contributed by atoms with Gasteiger partial charge in [-0.3, -0.25) is 0 Å². The van der Waals surface area contributed by atoms with E-state index in [1.54, 1.807) is 0 Å². The molecule has 0 amide bonds. The van der Waals surface area contributed by atoms with Crippen LogP contribution in [0, 0.1) is 6.92 Å². The van der Waals surface area contributed by atoms with Crippen LogP contribution in [0.5, 0.6) is 11.5 Å². The Hall–Kier alpha value is -2.68. The van der Waals surface area contributed by atoms with E-state index in [9.17, 15) is 0 Å². The molecule has 2 aromatic carbocycles. The SMILES string of the molecule is C=c1c(C)ccc2c1=CN1CCc3cc4c(cc3C1=C2CC)OCO4. The first kappa shape index (κ1) is 14.6. The molecule has 0 radical (unpaired) electrons. The molecule has 0 saturated carbocycles. The van der Waals surface area contributed by atoms with E-state index in [4.69, 9.17) is 9.47 Å². The molecule has 3 nitrogen and oxygen atoms in total. The molecule has 2 aromatic rings. The average molecular weight is 331 g/mol. The molecule has 0 fully saturated rings. The van der Waals surface area contributed by atoms with Crippen molar-refractivity contribution in [2.75, 3.05) is 13.3 Å². The molecule has 0 saturated heterocycles. The van der Waals surface area contributed by atoms with Gasteiger partial charge in [0.2, 0.25) is 6.79 Å². The average Bonchev–Trinajstić information content (AvgIpc) is 3.08. The fraction of sp³-hybridized carbons (Fsp3) is 0.273. The maximum absolute atomic E-state index is 5.63. The summed E-state index contributed by atoms with van der Waals surface area (Å²) in [5.41, 5.74) is 7.89. The quantitative estimate of drug-likeness (QED) is 0.802. The normalized spacial score (nSPS) is 17.0. The predicted molar refractivity (Wildman–Crippen MR) is 100 cm³/mol. The molecule has 3 heterocycles. The van der Waals surface area contributed by atoms with Gasteiger partial charge in [-0.1, -0.05) is 25.6 Å². The van der Waals surface area contributed by atoms with Gasteiger partial charge in [0.25, 0.3) is 0 Å². The number of fused-ring (bicyclic) bond motifs is 5. The predicted octanol–water partition coefficient (Wildman–Crippen LogP) is 3.02. The van der Waals surface area contributed by atoms with E-state index in [0.29, 0.717) is 6.79 Å². The van der Waals surface area contributed by atoms with Crippen LogP contribution in [0.3, 0.4) is 0 Å². The van der Waals surface area contributed by atoms with Gasteiger partial charge >= 0.3 is 0 Å². The van der Waals surface area contributed by atoms with Gasteiger partial charge in [0.1, 0.15) is 0 Å². The van der Waals surface area contributed by atoms with Crippen molar-refractivity contribution in [2.45, 2.75) is 26.7 Å². The Labute approximate surface area is 147 Å². The van der Waals surface area contributed by atoms with E-state index in [0.717, 1.165) is 36.1 Å². The van der Waals surface area contributed by atoms with Gasteiger partial charge in [0.15, 0.2) is 11.5 Å². The molecular formula is C22H21NO2. The molecule has 3 heteroatoms. The summed E-state index contributed by atoms with van der Waals surface area (Å²) >= 11 is 0. The molecule has 0 atom stereocenters. The van der Waals surface area contributed by atoms with Gasteiger partial charge in [0, 0.05) is 23.5 Å². The van der Waals surface area contributed by atoms with E-state index in [2.05, 4.69) is 55.8 Å². The number of hydrogen-bond acceptors (Lipinski definition) is 3. The second kappa shape index (κ2) is 5.16. The van der Waals surface area contributed by atoms with Crippen molar-refractivity contribution in [1.82, 2.24) is 4.90 Å². The third-order valence-electron chi connectivity index (χ3n) is 5.60. The number of nitrogens with zero attached hydrogens (tertiary/aromatic N) is 1. The summed E-state index contributed by atoms with van der Waals surface area (Å²) in [4.78, 5) is 2.40. The Bertz CT molecular complexity index is 1050. The maximum atomic E-state index is 5.63. The molecule has 3 aliphatic rings. The Morgan fingerprint density at radius 2 is 1.92 bits per heavy atom. The van der Waals surface area contributed by atoms with Crippen molar-refractivity contribution in [3.05, 3.63) is 57.0 Å². The largest absolute Gasteiger partial charge is 0.454 e. The standard InChI is InChI=1S/C22H21NO2/c1-4-16-17-6-5-13(2)14(3)19(17)11-23-8-7-15-9-20-21(25-12-24-20)10-18(15)22(16)23/h5-6,9-11H,3-4,7-8,12H2,1-2H3. The van der Waals surface area contributed by atoms with E-state index in [1.807, 2.05) is 0 Å². The van der Waals surface area contributed by atoms with E-state index < -0.39 is 0 Å². The van der Waals surface area contributed by atoms with E-state index in [1.165, 1.54) is 38.7 Å². The molecule has 25 heavy (non-hydrogen) atoms. The van der Waals surface area contributed by atoms with Crippen LogP contribution in [0.15, 0.2) is 24.3 Å². The molecule has 0 aromatic heterocycles. The summed E-state index contributed by atoms with van der Waals surface area (Å²) in [6.07, 6.45) is 4.28. The Kier molecular flexibility index (Phi) is 3.02. The van der Waals surface area contributed by atoms with E-state index >= 15 is 0 Å². The van der Waals surface area contributed by atoms with Crippen molar-refractivity contribution < 1.29 is 9.47 Å². The second-order valence-electron chi connectivity index (χ2n) is 6.94. The molecule has 0 unspecified atom stereocenters. The fourth-order valence-corrected chi connectivity index (χ4v) is 4.21. The number of allylic oxidation sites excluding steroid dienone is 1. The third-order valence-corrected chi connectivity index (χ3v) is 5.60. The van der Waals surface area contributed by atoms with Crippen LogP contribution in [0.1, 0.15) is 35.6 Å². The fourth-order valence-electron chi connectivity index (χ4n) is 4.21. The highest BCUT2D eigenvalue weighted by Crippen LogP contribution is 2.43. The van der Waals surface area contributed by atoms with Gasteiger partial charge in [0.05, 0.1) is 5.70 Å². The monoisotopic (exact) mass is 331 g/mol. The van der Waals surface area contributed by atoms with Gasteiger partial charge in [-0.05, 0) is 59.4 Å². The Morgan fingerprint density at radius 1 is 1.12 bits per heavy atom. The molecule has 0 aliphatic carbocycles. The molecule has 3 aliphatic heterocycles. The van der Waals surface area contributed by atoms with Gasteiger partial charge in [-0.15, -0.1) is 0 Å². The van der Waals surface area contributed by atoms with Crippen LogP contribution in [0.4, 0.5) is 0 Å². The number of aryl methyl sites for hydroxylation is 1. The zero-order valence-corrected chi connectivity index (χ0v) is 14.7. The summed E-state index contributed by atoms with van der Waals surface area (Å²) in [7, 11) is 0. The molecule has 5 rings (SSSR count). The lowest BCUT2D eigenvalue weighted by molar-refractivity contribution is 0.174. The first-order valence-electron chi connectivity index (χ1n) is 8.91. The van der Waals surface area contributed by atoms with Crippen LogP contribution < -0.4 is 19.9 Å². The molecule has 0 spiro atoms. The van der Waals surface area contributed by atoms with Crippen molar-refractivity contribution in [1.29, 1.82) is 0 Å². The zero-order chi connectivity index (χ0) is 17.1. The smallest absolute Gasteiger partial charge is 0.231 e. The van der Waals surface area contributed by atoms with Crippen molar-refractivity contribution in [3.8, 4) is 11.5 Å². The van der Waals surface area contributed by atoms with Crippen molar-refractivity contribution >= 4 is 24.0 Å². The molecular weight excluding hydrogens is 310 g/mol. The lowest BCUT2D eigenvalue weighted by Crippen LogP contribution is -2.38. The molecule has 126 valence electrons. The summed E-state index contributed by atoms with van der Waals surface area (Å²) in [5.74, 6) is 1.73. The van der Waals surface area contributed by atoms with Gasteiger partial charge < -0.3 is 14.4 Å². The first-order chi connectivity index (χ1) is 12.2. The highest BCUT2D eigenvalue weighted by atomic mass is 16.7. The number of hydrogen-bond donors (Lipinski definition) is 0. The second-order valence-corrected chi connectivity index (χ2v) is 6.94. The van der Waals surface area contributed by atoms with Crippen molar-refractivity contribution in [2.24, 2.45) is 0 Å². The highest BCUT2D eigenvalue weighted by molar-refractivity contribution is 5.95. The van der Waals surface area contributed by atoms with Crippen LogP contribution in [0.2, 0.25) is 0 Å². The Balaban J connectivity index is 1.81. The summed E-state index contributed by atoms with van der Waals surface area (Å²) in [6, 6.07) is 8.75. The van der Waals surface area contributed by atoms with E-state index in [-0.39, 0.29) is 0 Å². The van der Waals surface area contributed by atoms with Gasteiger partial charge in [-0.2, -0.15) is 0 Å². The minimum absolute atomic E-state index is 0.320. The van der Waals surface area contributed by atoms with Gasteiger partial charge in [-0.25, -0.2) is 0 Å². The minimum atomic E-state index is 0.320. The maximum Gasteiger partial charge on any atom is 0.231 e. The van der Waals surface area contributed by atoms with Crippen LogP contribution in [-0.2, 0) is 6.42 Å². The molecule has 0 bridgehead atoms. The highest BCUT2D eigenvalue weighted by Gasteiger charge is 2.29. The van der Waals surface area contributed by atoms with Crippen LogP contribution in [0.25, 0.3) is 24.0 Å². The summed E-state index contributed by atoms with van der Waals surface area (Å²) in [6.45, 7) is 9.99. The third kappa shape index (κ3) is 1.98. The molecule has 0 N–H and O–H groups in total. The number of benzene rings is 2. The Morgan fingerprint density at radius 3 is 2.72 bits per heavy atom. The summed E-state index contributed by atoms with van der Waals surface area (Å²) < 4.78 is 11.2. The number of rotatable bonds is 1. The summed E-state index contributed by atoms with van der Waals surface area (Å²) in [5, 5.41) is 2.41. The van der Waals surface area contributed by atoms with Crippen LogP contribution in [-0.4, -0.2) is 18.2 Å². The lowest BCUT2D eigenvalue weighted by Gasteiger charge is -2.36. The lowest BCUT2D eigenvalue weighted by atomic mass is 9.86. The minimum Gasteiger partial charge on any atom is -0.454 e. The zero-order valence-electron chi connectivity index (χ0n) is 14.7. The topological polar surface area (TPSA) is 21.7 Å². The first-order valence-corrected chi connectivity index (χ1v) is 8.91. The number of ether oxygens (including phenoxy) is 2.